The van der Waals surface area contributed by atoms with E-state index in [-0.39, 0.29) is 23.6 Å². The van der Waals surface area contributed by atoms with E-state index >= 15 is 0 Å². The summed E-state index contributed by atoms with van der Waals surface area (Å²) in [6.45, 7) is 6.00. The Morgan fingerprint density at radius 1 is 1.25 bits per heavy atom. The Kier molecular flexibility index (Phi) is 6.48. The number of thiophene rings is 1. The summed E-state index contributed by atoms with van der Waals surface area (Å²) in [5.41, 5.74) is -0.115. The van der Waals surface area contributed by atoms with Gasteiger partial charge in [-0.2, -0.15) is 0 Å². The number of carbonyl (C=O) groups is 4. The second-order valence-corrected chi connectivity index (χ2v) is 10.3. The molecule has 0 spiro atoms. The third kappa shape index (κ3) is 4.29. The molecule has 0 saturated carbocycles. The van der Waals surface area contributed by atoms with Crippen molar-refractivity contribution in [3.8, 4) is 0 Å². The fourth-order valence-corrected chi connectivity index (χ4v) is 4.82. The highest BCUT2D eigenvalue weighted by Gasteiger charge is 2.57. The van der Waals surface area contributed by atoms with Crippen LogP contribution in [0, 0.1) is 11.3 Å². The van der Waals surface area contributed by atoms with Crippen LogP contribution in [-0.2, 0) is 23.9 Å². The molecule has 1 saturated heterocycles. The van der Waals surface area contributed by atoms with Gasteiger partial charge in [-0.25, -0.2) is 4.79 Å². The Morgan fingerprint density at radius 3 is 2.47 bits per heavy atom. The summed E-state index contributed by atoms with van der Waals surface area (Å²) in [5, 5.41) is 10.0. The molecule has 1 fully saturated rings. The highest BCUT2D eigenvalue weighted by molar-refractivity contribution is 7.15. The van der Waals surface area contributed by atoms with Gasteiger partial charge in [0.05, 0.1) is 28.4 Å². The summed E-state index contributed by atoms with van der Waals surface area (Å²) >= 11 is 1.22. The molecule has 2 amide bonds. The predicted octanol–water partition coefficient (Wildman–Crippen LogP) is 1.86. The molecule has 0 aromatic carbocycles. The minimum absolute atomic E-state index is 0.0643. The first-order valence-electron chi connectivity index (χ1n) is 10.2. The maximum absolute atomic E-state index is 12.9. The number of aliphatic hydroxyl groups is 1. The zero-order chi connectivity index (χ0) is 24.0. The van der Waals surface area contributed by atoms with E-state index in [1.807, 2.05) is 0 Å². The number of β-lactam (4-membered cyclic amide) rings is 1. The summed E-state index contributed by atoms with van der Waals surface area (Å²) in [5.74, 6) is -2.46. The fraction of sp³-hybridized carbons (Fsp3) is 0.545. The standard InChI is InChI=1S/C22H28N2O7S/c1-11(25)16-13-9-12(14-7-8-15(32-14)18(26)23(5)6)17(24(13)19(16)27)20(28)30-10-31-21(29)22(2,3)4/h7-8,11,13,16,25H,9-10H2,1-6H3/t11-,13-,16-/m1/s1. The van der Waals surface area contributed by atoms with Gasteiger partial charge in [-0.15, -0.1) is 11.3 Å². The molecule has 0 radical (unpaired) electrons. The lowest BCUT2D eigenvalue weighted by atomic mass is 9.83. The highest BCUT2D eigenvalue weighted by atomic mass is 32.1. The van der Waals surface area contributed by atoms with Crippen LogP contribution in [0.3, 0.4) is 0 Å². The largest absolute Gasteiger partial charge is 0.427 e. The van der Waals surface area contributed by atoms with Crippen LogP contribution in [0.15, 0.2) is 17.8 Å². The van der Waals surface area contributed by atoms with E-state index in [4.69, 9.17) is 9.47 Å². The van der Waals surface area contributed by atoms with E-state index in [9.17, 15) is 24.3 Å². The number of carbonyl (C=O) groups excluding carboxylic acids is 4. The van der Waals surface area contributed by atoms with E-state index in [1.54, 1.807) is 53.9 Å². The molecule has 2 aliphatic heterocycles. The maximum Gasteiger partial charge on any atom is 0.358 e. The van der Waals surface area contributed by atoms with Gasteiger partial charge in [-0.3, -0.25) is 14.4 Å². The van der Waals surface area contributed by atoms with Gasteiger partial charge in [0.1, 0.15) is 5.70 Å². The van der Waals surface area contributed by atoms with Crippen LogP contribution >= 0.6 is 11.3 Å². The van der Waals surface area contributed by atoms with Crippen molar-refractivity contribution in [2.45, 2.75) is 46.3 Å². The van der Waals surface area contributed by atoms with Crippen LogP contribution in [0.1, 0.15) is 48.7 Å². The normalized spacial score (nSPS) is 21.1. The zero-order valence-electron chi connectivity index (χ0n) is 19.0. The number of amides is 2. The first-order valence-corrected chi connectivity index (χ1v) is 11.1. The van der Waals surface area contributed by atoms with Gasteiger partial charge >= 0.3 is 11.9 Å². The van der Waals surface area contributed by atoms with Crippen molar-refractivity contribution in [1.29, 1.82) is 0 Å². The van der Waals surface area contributed by atoms with Gasteiger partial charge in [0.2, 0.25) is 12.7 Å². The van der Waals surface area contributed by atoms with Crippen LogP contribution < -0.4 is 0 Å². The summed E-state index contributed by atoms with van der Waals surface area (Å²) in [7, 11) is 3.30. The summed E-state index contributed by atoms with van der Waals surface area (Å²) < 4.78 is 10.2. The van der Waals surface area contributed by atoms with Gasteiger partial charge in [0, 0.05) is 24.5 Å². The Morgan fingerprint density at radius 2 is 1.91 bits per heavy atom. The van der Waals surface area contributed by atoms with Gasteiger partial charge < -0.3 is 24.4 Å². The van der Waals surface area contributed by atoms with E-state index in [2.05, 4.69) is 0 Å². The molecule has 0 aliphatic carbocycles. The van der Waals surface area contributed by atoms with Crippen molar-refractivity contribution in [3.63, 3.8) is 0 Å². The number of aliphatic hydroxyl groups excluding tert-OH is 1. The third-order valence-corrected chi connectivity index (χ3v) is 6.57. The molecular weight excluding hydrogens is 436 g/mol. The molecule has 10 heteroatoms. The highest BCUT2D eigenvalue weighted by Crippen LogP contribution is 2.48. The summed E-state index contributed by atoms with van der Waals surface area (Å²) in [6.07, 6.45) is -0.508. The molecule has 3 heterocycles. The molecule has 2 aliphatic rings. The quantitative estimate of drug-likeness (QED) is 0.388. The lowest BCUT2D eigenvalue weighted by Crippen LogP contribution is -2.61. The average Bonchev–Trinajstić information content (AvgIpc) is 3.28. The summed E-state index contributed by atoms with van der Waals surface area (Å²) in [6, 6.07) is 3.04. The number of rotatable bonds is 6. The Hall–Kier alpha value is -2.72. The summed E-state index contributed by atoms with van der Waals surface area (Å²) in [4.78, 5) is 53.8. The number of hydrogen-bond donors (Lipinski definition) is 1. The molecular formula is C22H28N2O7S. The minimum Gasteiger partial charge on any atom is -0.427 e. The zero-order valence-corrected chi connectivity index (χ0v) is 19.8. The third-order valence-electron chi connectivity index (χ3n) is 5.43. The Labute approximate surface area is 190 Å². The van der Waals surface area contributed by atoms with Crippen LogP contribution in [0.2, 0.25) is 0 Å². The van der Waals surface area contributed by atoms with E-state index in [0.29, 0.717) is 21.7 Å². The van der Waals surface area contributed by atoms with Gasteiger partial charge in [0.25, 0.3) is 5.91 Å². The molecule has 32 heavy (non-hydrogen) atoms. The minimum atomic E-state index is -0.859. The molecule has 0 unspecified atom stereocenters. The van der Waals surface area contributed by atoms with Crippen LogP contribution in [0.25, 0.3) is 5.57 Å². The lowest BCUT2D eigenvalue weighted by molar-refractivity contribution is -0.175. The van der Waals surface area contributed by atoms with Crippen molar-refractivity contribution in [2.75, 3.05) is 20.9 Å². The topological polar surface area (TPSA) is 113 Å². The van der Waals surface area contributed by atoms with E-state index in [0.717, 1.165) is 0 Å². The Bertz CT molecular complexity index is 987. The van der Waals surface area contributed by atoms with Gasteiger partial charge in [-0.05, 0) is 46.2 Å². The van der Waals surface area contributed by atoms with Crippen LogP contribution in [0.4, 0.5) is 0 Å². The number of nitrogens with zero attached hydrogens (tertiary/aromatic N) is 2. The number of fused-ring (bicyclic) bond motifs is 1. The monoisotopic (exact) mass is 464 g/mol. The molecule has 1 aromatic rings. The SMILES string of the molecule is C[C@@H](O)[C@H]1C(=O)N2C(C(=O)OCOC(=O)C(C)(C)C)=C(c3ccc(C(=O)N(C)C)s3)C[C@H]12. The number of ether oxygens (including phenoxy) is 2. The first kappa shape index (κ1) is 23.9. The second kappa shape index (κ2) is 8.67. The smallest absolute Gasteiger partial charge is 0.358 e. The van der Waals surface area contributed by atoms with Crippen LogP contribution in [0.5, 0.6) is 0 Å². The van der Waals surface area contributed by atoms with Crippen LogP contribution in [-0.4, -0.2) is 71.7 Å². The van der Waals surface area contributed by atoms with E-state index < -0.39 is 36.2 Å². The van der Waals surface area contributed by atoms with Crippen molar-refractivity contribution in [2.24, 2.45) is 11.3 Å². The molecule has 3 rings (SSSR count). The Balaban J connectivity index is 1.87. The lowest BCUT2D eigenvalue weighted by Gasteiger charge is -2.44. The van der Waals surface area contributed by atoms with Crippen molar-refractivity contribution >= 4 is 40.7 Å². The fourth-order valence-electron chi connectivity index (χ4n) is 3.74. The molecule has 3 atom stereocenters. The van der Waals surface area contributed by atoms with Gasteiger partial charge in [-0.1, -0.05) is 0 Å². The average molecular weight is 465 g/mol. The molecule has 0 bridgehead atoms. The molecule has 9 nitrogen and oxygen atoms in total. The first-order chi connectivity index (χ1) is 14.8. The molecule has 174 valence electrons. The van der Waals surface area contributed by atoms with E-state index in [1.165, 1.54) is 21.1 Å². The van der Waals surface area contributed by atoms with Crippen molar-refractivity contribution in [1.82, 2.24) is 9.80 Å². The van der Waals surface area contributed by atoms with Gasteiger partial charge in [0.15, 0.2) is 0 Å². The predicted molar refractivity (Wildman–Crippen MR) is 116 cm³/mol. The maximum atomic E-state index is 12.9. The molecule has 1 N–H and O–H groups in total. The number of esters is 2. The van der Waals surface area contributed by atoms with Crippen molar-refractivity contribution < 1.29 is 33.8 Å². The second-order valence-electron chi connectivity index (χ2n) is 9.17. The molecule has 1 aromatic heterocycles. The van der Waals surface area contributed by atoms with Crippen molar-refractivity contribution in [3.05, 3.63) is 27.6 Å². The number of hydrogen-bond acceptors (Lipinski definition) is 8.